The van der Waals surface area contributed by atoms with Gasteiger partial charge in [-0.05, 0) is 48.9 Å². The van der Waals surface area contributed by atoms with Crippen LogP contribution in [0.5, 0.6) is 11.5 Å². The first-order valence-electron chi connectivity index (χ1n) is 9.77. The second-order valence-corrected chi connectivity index (χ2v) is 9.30. The van der Waals surface area contributed by atoms with Crippen molar-refractivity contribution in [1.82, 2.24) is 4.72 Å². The predicted molar refractivity (Wildman–Crippen MR) is 117 cm³/mol. The lowest BCUT2D eigenvalue weighted by Gasteiger charge is -2.14. The van der Waals surface area contributed by atoms with Gasteiger partial charge in [-0.1, -0.05) is 11.6 Å². The number of methoxy groups -OCH3 is 1. The van der Waals surface area contributed by atoms with Crippen LogP contribution < -0.4 is 19.5 Å². The van der Waals surface area contributed by atoms with Crippen molar-refractivity contribution in [1.29, 1.82) is 0 Å². The molecule has 0 saturated heterocycles. The third kappa shape index (κ3) is 6.33. The van der Waals surface area contributed by atoms with Crippen LogP contribution in [0, 0.1) is 0 Å². The number of halogens is 1. The summed E-state index contributed by atoms with van der Waals surface area (Å²) in [4.78, 5) is 12.6. The van der Waals surface area contributed by atoms with E-state index in [0.717, 1.165) is 6.42 Å². The Hall–Kier alpha value is -2.33. The van der Waals surface area contributed by atoms with Crippen LogP contribution in [0.2, 0.25) is 5.02 Å². The van der Waals surface area contributed by atoms with Crippen LogP contribution >= 0.6 is 11.6 Å². The molecule has 0 spiro atoms. The highest BCUT2D eigenvalue weighted by Crippen LogP contribution is 2.38. The Labute approximate surface area is 186 Å². The summed E-state index contributed by atoms with van der Waals surface area (Å²) in [7, 11) is -2.17. The van der Waals surface area contributed by atoms with Crippen LogP contribution in [-0.4, -0.2) is 47.3 Å². The number of sulfonamides is 1. The highest BCUT2D eigenvalue weighted by atomic mass is 35.5. The number of ether oxygens (including phenoxy) is 3. The van der Waals surface area contributed by atoms with E-state index in [0.29, 0.717) is 41.0 Å². The van der Waals surface area contributed by atoms with E-state index in [1.54, 1.807) is 19.1 Å². The molecule has 0 fully saturated rings. The van der Waals surface area contributed by atoms with Gasteiger partial charge < -0.3 is 19.5 Å². The minimum Gasteiger partial charge on any atom is -0.489 e. The molecule has 1 aliphatic heterocycles. The number of carbonyl (C=O) groups is 1. The van der Waals surface area contributed by atoms with Gasteiger partial charge >= 0.3 is 0 Å². The summed E-state index contributed by atoms with van der Waals surface area (Å²) in [5.74, 6) is 0.749. The number of fused-ring (bicyclic) bond motifs is 1. The minimum atomic E-state index is -3.68. The van der Waals surface area contributed by atoms with E-state index in [1.165, 1.54) is 31.4 Å². The molecule has 3 rings (SSSR count). The minimum absolute atomic E-state index is 0.0759. The number of nitrogens with one attached hydrogen (secondary N) is 2. The number of rotatable bonds is 8. The summed E-state index contributed by atoms with van der Waals surface area (Å²) in [6.45, 7) is 3.02. The van der Waals surface area contributed by atoms with Crippen molar-refractivity contribution >= 4 is 33.2 Å². The average molecular weight is 469 g/mol. The smallest absolute Gasteiger partial charge is 0.240 e. The summed E-state index contributed by atoms with van der Waals surface area (Å²) >= 11 is 6.27. The topological polar surface area (TPSA) is 103 Å². The lowest BCUT2D eigenvalue weighted by molar-refractivity contribution is -0.115. The number of benzene rings is 2. The number of hydrogen-bond donors (Lipinski definition) is 2. The Morgan fingerprint density at radius 2 is 1.90 bits per heavy atom. The normalized spacial score (nSPS) is 14.5. The maximum absolute atomic E-state index is 12.5. The highest BCUT2D eigenvalue weighted by molar-refractivity contribution is 7.89. The second kappa shape index (κ2) is 10.3. The van der Waals surface area contributed by atoms with Gasteiger partial charge in [-0.15, -0.1) is 0 Å². The van der Waals surface area contributed by atoms with Crippen LogP contribution in [0.15, 0.2) is 41.3 Å². The Morgan fingerprint density at radius 3 is 2.61 bits per heavy atom. The Bertz CT molecular complexity index is 1030. The fourth-order valence-electron chi connectivity index (χ4n) is 3.11. The molecule has 2 aromatic rings. The van der Waals surface area contributed by atoms with E-state index < -0.39 is 10.0 Å². The third-order valence-electron chi connectivity index (χ3n) is 4.45. The Morgan fingerprint density at radius 1 is 1.19 bits per heavy atom. The van der Waals surface area contributed by atoms with E-state index in [1.807, 2.05) is 0 Å². The molecule has 8 nitrogen and oxygen atoms in total. The van der Waals surface area contributed by atoms with Crippen molar-refractivity contribution in [3.8, 4) is 11.5 Å². The summed E-state index contributed by atoms with van der Waals surface area (Å²) in [5, 5.41) is 3.15. The van der Waals surface area contributed by atoms with Gasteiger partial charge in [0.05, 0.1) is 36.2 Å². The van der Waals surface area contributed by atoms with Crippen molar-refractivity contribution in [2.24, 2.45) is 0 Å². The fourth-order valence-corrected chi connectivity index (χ4v) is 4.63. The zero-order valence-electron chi connectivity index (χ0n) is 17.3. The van der Waals surface area contributed by atoms with Gasteiger partial charge in [-0.3, -0.25) is 4.79 Å². The second-order valence-electron chi connectivity index (χ2n) is 7.18. The van der Waals surface area contributed by atoms with Crippen molar-refractivity contribution < 1.29 is 27.4 Å². The maximum atomic E-state index is 12.5. The summed E-state index contributed by atoms with van der Waals surface area (Å²) in [6, 6.07) is 9.00. The summed E-state index contributed by atoms with van der Waals surface area (Å²) < 4.78 is 43.5. The molecule has 1 aliphatic rings. The van der Waals surface area contributed by atoms with E-state index in [9.17, 15) is 13.2 Å². The molecule has 31 heavy (non-hydrogen) atoms. The molecule has 0 aromatic heterocycles. The molecule has 0 radical (unpaired) electrons. The molecule has 1 amide bonds. The van der Waals surface area contributed by atoms with Gasteiger partial charge in [0, 0.05) is 25.3 Å². The highest BCUT2D eigenvalue weighted by Gasteiger charge is 2.19. The van der Waals surface area contributed by atoms with Crippen LogP contribution in [0.25, 0.3) is 0 Å². The molecule has 2 N–H and O–H groups in total. The lowest BCUT2D eigenvalue weighted by atomic mass is 10.1. The maximum Gasteiger partial charge on any atom is 0.240 e. The zero-order valence-corrected chi connectivity index (χ0v) is 18.9. The van der Waals surface area contributed by atoms with Crippen LogP contribution in [-0.2, 0) is 26.0 Å². The fraction of sp³-hybridized carbons (Fsp3) is 0.381. The zero-order chi connectivity index (χ0) is 22.4. The van der Waals surface area contributed by atoms with Crippen LogP contribution in [0.1, 0.15) is 18.9 Å². The number of carbonyl (C=O) groups excluding carboxylic acids is 1. The lowest BCUT2D eigenvalue weighted by Crippen LogP contribution is -2.35. The monoisotopic (exact) mass is 468 g/mol. The molecule has 1 atom stereocenters. The van der Waals surface area contributed by atoms with Gasteiger partial charge in [0.2, 0.25) is 15.9 Å². The van der Waals surface area contributed by atoms with Crippen molar-refractivity contribution in [2.45, 2.75) is 30.7 Å². The first-order valence-corrected chi connectivity index (χ1v) is 11.6. The standard InChI is InChI=1S/C21H25ClN2O6S/c1-14(13-28-2)24-31(26,27)17-6-4-16(5-7-17)23-20(25)12-15-10-18(22)21-19(11-15)29-8-3-9-30-21/h4-7,10-11,14,24H,3,8-9,12-13H2,1-2H3,(H,23,25). The molecule has 0 saturated carbocycles. The predicted octanol–water partition coefficient (Wildman–Crippen LogP) is 3.00. The summed E-state index contributed by atoms with van der Waals surface area (Å²) in [6.07, 6.45) is 0.833. The molecule has 10 heteroatoms. The first-order chi connectivity index (χ1) is 14.8. The molecule has 1 unspecified atom stereocenters. The Kier molecular flexibility index (Phi) is 7.77. The third-order valence-corrected chi connectivity index (χ3v) is 6.33. The number of anilines is 1. The molecule has 168 valence electrons. The molecule has 0 aliphatic carbocycles. The Balaban J connectivity index is 1.64. The van der Waals surface area contributed by atoms with Crippen molar-refractivity contribution in [2.75, 3.05) is 32.2 Å². The van der Waals surface area contributed by atoms with Crippen molar-refractivity contribution in [3.05, 3.63) is 47.0 Å². The van der Waals surface area contributed by atoms with Gasteiger partial charge in [-0.2, -0.15) is 0 Å². The quantitative estimate of drug-likeness (QED) is 0.617. The molecular weight excluding hydrogens is 444 g/mol. The molecule has 1 heterocycles. The van der Waals surface area contributed by atoms with E-state index in [2.05, 4.69) is 10.0 Å². The average Bonchev–Trinajstić information content (AvgIpc) is 2.94. The molecule has 0 bridgehead atoms. The van der Waals surface area contributed by atoms with E-state index in [4.69, 9.17) is 25.8 Å². The number of amides is 1. The van der Waals surface area contributed by atoms with E-state index in [-0.39, 0.29) is 29.9 Å². The van der Waals surface area contributed by atoms with E-state index >= 15 is 0 Å². The van der Waals surface area contributed by atoms with Crippen LogP contribution in [0.4, 0.5) is 5.69 Å². The van der Waals surface area contributed by atoms with Crippen molar-refractivity contribution in [3.63, 3.8) is 0 Å². The molecule has 2 aromatic carbocycles. The van der Waals surface area contributed by atoms with Gasteiger partial charge in [0.25, 0.3) is 0 Å². The van der Waals surface area contributed by atoms with Crippen LogP contribution in [0.3, 0.4) is 0 Å². The number of hydrogen-bond acceptors (Lipinski definition) is 6. The van der Waals surface area contributed by atoms with Gasteiger partial charge in [0.15, 0.2) is 11.5 Å². The largest absolute Gasteiger partial charge is 0.489 e. The summed E-state index contributed by atoms with van der Waals surface area (Å²) in [5.41, 5.74) is 1.16. The molecular formula is C21H25ClN2O6S. The first kappa shape index (κ1) is 23.3. The van der Waals surface area contributed by atoms with Gasteiger partial charge in [0.1, 0.15) is 0 Å². The van der Waals surface area contributed by atoms with Gasteiger partial charge in [-0.25, -0.2) is 13.1 Å². The SMILES string of the molecule is COCC(C)NS(=O)(=O)c1ccc(NC(=O)Cc2cc(Cl)c3c(c2)OCCCO3)cc1.